The molecule has 108 valence electrons. The van der Waals surface area contributed by atoms with Gasteiger partial charge in [0.05, 0.1) is 16.7 Å². The third-order valence-corrected chi connectivity index (χ3v) is 6.02. The van der Waals surface area contributed by atoms with Crippen LogP contribution in [0.5, 0.6) is 0 Å². The van der Waals surface area contributed by atoms with Crippen LogP contribution in [0.15, 0.2) is 18.2 Å². The summed E-state index contributed by atoms with van der Waals surface area (Å²) in [4.78, 5) is 0. The van der Waals surface area contributed by atoms with Crippen LogP contribution in [-0.4, -0.2) is 26.3 Å². The molecule has 0 radical (unpaired) electrons. The molecule has 0 amide bonds. The minimum atomic E-state index is 0.175. The molecule has 4 heteroatoms. The second-order valence-electron chi connectivity index (χ2n) is 6.50. The molecule has 1 aromatic rings. The zero-order chi connectivity index (χ0) is 13.7. The van der Waals surface area contributed by atoms with Crippen LogP contribution in [0.25, 0.3) is 0 Å². The van der Waals surface area contributed by atoms with Crippen LogP contribution in [0.2, 0.25) is 10.0 Å². The lowest BCUT2D eigenvalue weighted by atomic mass is 9.91. The molecule has 1 aliphatic heterocycles. The molecular weight excluding hydrogens is 293 g/mol. The Morgan fingerprint density at radius 2 is 1.90 bits per heavy atom. The average Bonchev–Trinajstić information content (AvgIpc) is 3.31. The number of halogens is 2. The molecule has 0 bridgehead atoms. The number of fused-ring (bicyclic) bond motifs is 1. The van der Waals surface area contributed by atoms with Gasteiger partial charge in [-0.3, -0.25) is 0 Å². The smallest absolute Gasteiger partial charge is 0.0595 e. The zero-order valence-electron chi connectivity index (χ0n) is 11.4. The molecule has 2 saturated carbocycles. The lowest BCUT2D eigenvalue weighted by Gasteiger charge is -2.22. The van der Waals surface area contributed by atoms with Gasteiger partial charge in [0, 0.05) is 12.0 Å². The van der Waals surface area contributed by atoms with Gasteiger partial charge in [0.25, 0.3) is 0 Å². The van der Waals surface area contributed by atoms with Crippen molar-refractivity contribution in [3.63, 3.8) is 0 Å². The molecule has 1 N–H and O–H groups in total. The van der Waals surface area contributed by atoms with E-state index in [2.05, 4.69) is 11.4 Å². The van der Waals surface area contributed by atoms with E-state index in [1.54, 1.807) is 0 Å². The normalized spacial score (nSPS) is 35.1. The molecule has 1 unspecified atom stereocenters. The van der Waals surface area contributed by atoms with E-state index in [-0.39, 0.29) is 5.41 Å². The Bertz CT molecular complexity index is 519. The summed E-state index contributed by atoms with van der Waals surface area (Å²) in [6, 6.07) is 6.10. The molecule has 20 heavy (non-hydrogen) atoms. The minimum Gasteiger partial charge on any atom is -0.380 e. The van der Waals surface area contributed by atoms with Crippen molar-refractivity contribution < 1.29 is 4.74 Å². The summed E-state index contributed by atoms with van der Waals surface area (Å²) in [5.41, 5.74) is 1.48. The van der Waals surface area contributed by atoms with Crippen LogP contribution in [0.3, 0.4) is 0 Å². The second-order valence-corrected chi connectivity index (χ2v) is 7.31. The molecule has 1 heterocycles. The molecule has 2 aliphatic carbocycles. The summed E-state index contributed by atoms with van der Waals surface area (Å²) in [7, 11) is 0. The summed E-state index contributed by atoms with van der Waals surface area (Å²) < 4.78 is 6.04. The van der Waals surface area contributed by atoms with Gasteiger partial charge in [-0.1, -0.05) is 29.3 Å². The van der Waals surface area contributed by atoms with Crippen LogP contribution in [0.4, 0.5) is 0 Å². The predicted molar refractivity (Wildman–Crippen MR) is 81.5 cm³/mol. The quantitative estimate of drug-likeness (QED) is 0.898. The first-order chi connectivity index (χ1) is 9.72. The van der Waals surface area contributed by atoms with Gasteiger partial charge in [-0.25, -0.2) is 0 Å². The van der Waals surface area contributed by atoms with E-state index < -0.39 is 0 Å². The maximum absolute atomic E-state index is 6.21. The standard InChI is InChI=1S/C16H19Cl2NO/c17-14-4-3-11(5-15(14)18)16(9-20-8-10-1-2-10)12-6-19-7-13(12)16/h3-5,10,12-13,19H,1-2,6-9H2/t12-,13+,16?. The fourth-order valence-corrected chi connectivity index (χ4v) is 4.14. The van der Waals surface area contributed by atoms with E-state index in [4.69, 9.17) is 27.9 Å². The van der Waals surface area contributed by atoms with Gasteiger partial charge in [-0.15, -0.1) is 0 Å². The van der Waals surface area contributed by atoms with Gasteiger partial charge < -0.3 is 10.1 Å². The van der Waals surface area contributed by atoms with Crippen molar-refractivity contribution in [3.8, 4) is 0 Å². The Labute approximate surface area is 129 Å². The van der Waals surface area contributed by atoms with Crippen LogP contribution >= 0.6 is 23.2 Å². The SMILES string of the molecule is Clc1ccc(C2(COCC3CC3)[C@@H]3CNC[C@@H]32)cc1Cl. The van der Waals surface area contributed by atoms with E-state index >= 15 is 0 Å². The predicted octanol–water partition coefficient (Wildman–Crippen LogP) is 3.51. The first-order valence-electron chi connectivity index (χ1n) is 7.46. The van der Waals surface area contributed by atoms with Crippen molar-refractivity contribution >= 4 is 23.2 Å². The molecule has 0 aromatic heterocycles. The number of hydrogen-bond acceptors (Lipinski definition) is 2. The van der Waals surface area contributed by atoms with Crippen molar-refractivity contribution in [3.05, 3.63) is 33.8 Å². The molecule has 0 spiro atoms. The van der Waals surface area contributed by atoms with Gasteiger partial charge in [0.1, 0.15) is 0 Å². The maximum atomic E-state index is 6.21. The van der Waals surface area contributed by atoms with E-state index in [9.17, 15) is 0 Å². The topological polar surface area (TPSA) is 21.3 Å². The summed E-state index contributed by atoms with van der Waals surface area (Å²) in [5, 5.41) is 4.76. The summed E-state index contributed by atoms with van der Waals surface area (Å²) in [5.74, 6) is 2.20. The van der Waals surface area contributed by atoms with Gasteiger partial charge in [-0.05, 0) is 61.4 Å². The number of ether oxygens (including phenoxy) is 1. The number of piperidine rings is 1. The Balaban J connectivity index is 1.56. The van der Waals surface area contributed by atoms with Gasteiger partial charge in [0.15, 0.2) is 0 Å². The molecule has 1 aromatic carbocycles. The maximum Gasteiger partial charge on any atom is 0.0595 e. The first-order valence-corrected chi connectivity index (χ1v) is 8.21. The van der Waals surface area contributed by atoms with E-state index in [0.717, 1.165) is 32.2 Å². The number of nitrogens with one attached hydrogen (secondary N) is 1. The number of hydrogen-bond donors (Lipinski definition) is 1. The van der Waals surface area contributed by atoms with Crippen molar-refractivity contribution in [1.82, 2.24) is 5.32 Å². The fraction of sp³-hybridized carbons (Fsp3) is 0.625. The van der Waals surface area contributed by atoms with Gasteiger partial charge >= 0.3 is 0 Å². The van der Waals surface area contributed by atoms with Crippen LogP contribution in [0, 0.1) is 17.8 Å². The molecule has 1 saturated heterocycles. The highest BCUT2D eigenvalue weighted by Crippen LogP contribution is 2.62. The average molecular weight is 312 g/mol. The summed E-state index contributed by atoms with van der Waals surface area (Å²) in [6.07, 6.45) is 2.68. The fourth-order valence-electron chi connectivity index (χ4n) is 3.84. The van der Waals surface area contributed by atoms with Crippen molar-refractivity contribution in [1.29, 1.82) is 0 Å². The third kappa shape index (κ3) is 2.09. The molecule has 3 atom stereocenters. The lowest BCUT2D eigenvalue weighted by molar-refractivity contribution is 0.0949. The van der Waals surface area contributed by atoms with Gasteiger partial charge in [0.2, 0.25) is 0 Å². The Hall–Kier alpha value is -0.280. The second kappa shape index (κ2) is 4.88. The van der Waals surface area contributed by atoms with E-state index in [1.807, 2.05) is 12.1 Å². The highest BCUT2D eigenvalue weighted by atomic mass is 35.5. The Morgan fingerprint density at radius 3 is 2.55 bits per heavy atom. The largest absolute Gasteiger partial charge is 0.380 e. The monoisotopic (exact) mass is 311 g/mol. The lowest BCUT2D eigenvalue weighted by Crippen LogP contribution is -2.30. The van der Waals surface area contributed by atoms with Crippen LogP contribution in [0.1, 0.15) is 18.4 Å². The van der Waals surface area contributed by atoms with Crippen LogP contribution in [-0.2, 0) is 10.2 Å². The zero-order valence-corrected chi connectivity index (χ0v) is 12.9. The number of benzene rings is 1. The first kappa shape index (κ1) is 13.4. The minimum absolute atomic E-state index is 0.175. The molecule has 2 nitrogen and oxygen atoms in total. The Morgan fingerprint density at radius 1 is 1.15 bits per heavy atom. The third-order valence-electron chi connectivity index (χ3n) is 5.28. The van der Waals surface area contributed by atoms with Crippen LogP contribution < -0.4 is 5.32 Å². The van der Waals surface area contributed by atoms with Crippen molar-refractivity contribution in [2.75, 3.05) is 26.3 Å². The van der Waals surface area contributed by atoms with E-state index in [1.165, 1.54) is 18.4 Å². The summed E-state index contributed by atoms with van der Waals surface area (Å²) in [6.45, 7) is 3.95. The van der Waals surface area contributed by atoms with Crippen molar-refractivity contribution in [2.45, 2.75) is 18.3 Å². The molecule has 3 fully saturated rings. The molecule has 4 rings (SSSR count). The number of rotatable bonds is 5. The summed E-state index contributed by atoms with van der Waals surface area (Å²) >= 11 is 12.3. The van der Waals surface area contributed by atoms with Gasteiger partial charge in [-0.2, -0.15) is 0 Å². The van der Waals surface area contributed by atoms with E-state index in [0.29, 0.717) is 21.9 Å². The Kier molecular flexibility index (Phi) is 3.26. The molecule has 3 aliphatic rings. The highest BCUT2D eigenvalue weighted by Gasteiger charge is 2.67. The molecular formula is C16H19Cl2NO. The van der Waals surface area contributed by atoms with Crippen molar-refractivity contribution in [2.24, 2.45) is 17.8 Å². The highest BCUT2D eigenvalue weighted by molar-refractivity contribution is 6.42.